The molecule has 0 radical (unpaired) electrons. The molecule has 0 bridgehead atoms. The third-order valence-corrected chi connectivity index (χ3v) is 3.80. The van der Waals surface area contributed by atoms with Crippen LogP contribution in [0, 0.1) is 11.6 Å². The van der Waals surface area contributed by atoms with Gasteiger partial charge in [-0.25, -0.2) is 8.78 Å². The predicted molar refractivity (Wildman–Crippen MR) is 93.5 cm³/mol. The maximum Gasteiger partial charge on any atom is 0.316 e. The van der Waals surface area contributed by atoms with E-state index in [9.17, 15) is 8.78 Å². The third-order valence-electron chi connectivity index (χ3n) is 3.30. The summed E-state index contributed by atoms with van der Waals surface area (Å²) in [6.45, 7) is 0. The molecular weight excluding hydrogens is 358 g/mol. The van der Waals surface area contributed by atoms with Crippen LogP contribution in [-0.4, -0.2) is 23.1 Å². The number of hydrogen-bond acceptors (Lipinski definition) is 0. The second kappa shape index (κ2) is 7.35. The first-order chi connectivity index (χ1) is 10.1. The average Bonchev–Trinajstić information content (AvgIpc) is 2.48. The van der Waals surface area contributed by atoms with Gasteiger partial charge in [-0.3, -0.25) is 0 Å². The molecule has 108 valence electrons. The fraction of sp³-hybridized carbons (Fsp3) is 0. The van der Waals surface area contributed by atoms with E-state index in [0.717, 1.165) is 16.7 Å². The van der Waals surface area contributed by atoms with Crippen LogP contribution in [0.5, 0.6) is 0 Å². The molecule has 0 heterocycles. The van der Waals surface area contributed by atoms with Crippen molar-refractivity contribution in [3.8, 4) is 22.3 Å². The van der Waals surface area contributed by atoms with Gasteiger partial charge in [0.25, 0.3) is 0 Å². The first-order valence-corrected chi connectivity index (χ1v) is 7.24. The Morgan fingerprint density at radius 2 is 1.14 bits per heavy atom. The molecule has 0 saturated carbocycles. The van der Waals surface area contributed by atoms with Crippen LogP contribution in [0.3, 0.4) is 0 Å². The van der Waals surface area contributed by atoms with E-state index in [-0.39, 0.29) is 34.7 Å². The number of halogens is 3. The Hall–Kier alpha value is -1.23. The lowest BCUT2D eigenvalue weighted by Gasteiger charge is -2.06. The van der Waals surface area contributed by atoms with Gasteiger partial charge in [-0.1, -0.05) is 58.4 Å². The Balaban J connectivity index is 0.00000176. The van der Waals surface area contributed by atoms with Gasteiger partial charge in [-0.15, -0.1) is 0 Å². The van der Waals surface area contributed by atoms with Crippen molar-refractivity contribution in [3.63, 3.8) is 0 Å². The highest BCUT2D eigenvalue weighted by molar-refractivity contribution is 9.10. The summed E-state index contributed by atoms with van der Waals surface area (Å²) < 4.78 is 27.6. The van der Waals surface area contributed by atoms with Crippen molar-refractivity contribution in [2.75, 3.05) is 0 Å². The molecule has 3 rings (SSSR count). The lowest BCUT2D eigenvalue weighted by atomic mass is 10.00. The van der Waals surface area contributed by atoms with Crippen LogP contribution >= 0.6 is 15.9 Å². The summed E-state index contributed by atoms with van der Waals surface area (Å²) >= 11 is 3.25. The quantitative estimate of drug-likeness (QED) is 0.547. The van der Waals surface area contributed by atoms with Gasteiger partial charge >= 0.3 is 23.1 Å². The predicted octanol–water partition coefficient (Wildman–Crippen LogP) is 5.15. The topological polar surface area (TPSA) is 0 Å². The van der Waals surface area contributed by atoms with Crippen LogP contribution < -0.4 is 0 Å². The fourth-order valence-corrected chi connectivity index (χ4v) is 2.54. The average molecular weight is 372 g/mol. The third kappa shape index (κ3) is 3.75. The van der Waals surface area contributed by atoms with Crippen LogP contribution in [0.15, 0.2) is 71.2 Å². The maximum absolute atomic E-state index is 13.9. The molecule has 0 atom stereocenters. The SMILES string of the molecule is Fc1ccc(-c2ccc(-c3ccc(Br)cc3F)cc2)cc1.[MgH2]. The van der Waals surface area contributed by atoms with Gasteiger partial charge in [-0.05, 0) is 41.0 Å². The largest absolute Gasteiger partial charge is 0.316 e. The smallest absolute Gasteiger partial charge is 0.207 e. The molecule has 3 aromatic rings. The molecule has 0 spiro atoms. The molecule has 3 aromatic carbocycles. The molecule has 0 nitrogen and oxygen atoms in total. The Morgan fingerprint density at radius 3 is 1.68 bits per heavy atom. The molecule has 0 aromatic heterocycles. The van der Waals surface area contributed by atoms with Crippen molar-refractivity contribution in [1.82, 2.24) is 0 Å². The van der Waals surface area contributed by atoms with E-state index >= 15 is 0 Å². The highest BCUT2D eigenvalue weighted by Gasteiger charge is 2.06. The minimum Gasteiger partial charge on any atom is -0.207 e. The fourth-order valence-electron chi connectivity index (χ4n) is 2.21. The van der Waals surface area contributed by atoms with Crippen LogP contribution in [-0.2, 0) is 0 Å². The van der Waals surface area contributed by atoms with Gasteiger partial charge in [0.15, 0.2) is 0 Å². The molecule has 0 saturated heterocycles. The van der Waals surface area contributed by atoms with Gasteiger partial charge in [0.1, 0.15) is 11.6 Å². The summed E-state index contributed by atoms with van der Waals surface area (Å²) in [6, 6.07) is 18.9. The van der Waals surface area contributed by atoms with Crippen molar-refractivity contribution in [3.05, 3.63) is 82.8 Å². The molecular formula is C18H13BrF2Mg. The van der Waals surface area contributed by atoms with E-state index in [4.69, 9.17) is 0 Å². The van der Waals surface area contributed by atoms with Gasteiger partial charge in [0.05, 0.1) is 0 Å². The molecule has 0 N–H and O–H groups in total. The van der Waals surface area contributed by atoms with E-state index in [2.05, 4.69) is 15.9 Å². The molecule has 0 amide bonds. The molecule has 4 heteroatoms. The molecule has 0 aliphatic carbocycles. The second-order valence-electron chi connectivity index (χ2n) is 4.71. The Bertz CT molecular complexity index is 768. The van der Waals surface area contributed by atoms with Gasteiger partial charge in [0.2, 0.25) is 0 Å². The van der Waals surface area contributed by atoms with Crippen LogP contribution in [0.1, 0.15) is 0 Å². The zero-order valence-electron chi connectivity index (χ0n) is 11.0. The Kier molecular flexibility index (Phi) is 5.72. The summed E-state index contributed by atoms with van der Waals surface area (Å²) in [4.78, 5) is 0. The van der Waals surface area contributed by atoms with E-state index < -0.39 is 0 Å². The van der Waals surface area contributed by atoms with Gasteiger partial charge < -0.3 is 0 Å². The lowest BCUT2D eigenvalue weighted by Crippen LogP contribution is -1.85. The zero-order valence-corrected chi connectivity index (χ0v) is 12.6. The van der Waals surface area contributed by atoms with Crippen LogP contribution in [0.4, 0.5) is 8.78 Å². The Morgan fingerprint density at radius 1 is 0.636 bits per heavy atom. The van der Waals surface area contributed by atoms with Gasteiger partial charge in [-0.2, -0.15) is 0 Å². The molecule has 0 unspecified atom stereocenters. The zero-order chi connectivity index (χ0) is 14.8. The van der Waals surface area contributed by atoms with E-state index in [1.165, 1.54) is 18.2 Å². The minimum atomic E-state index is -0.265. The second-order valence-corrected chi connectivity index (χ2v) is 5.62. The molecule has 0 aliphatic heterocycles. The number of hydrogen-bond donors (Lipinski definition) is 0. The minimum absolute atomic E-state index is 0. The standard InChI is InChI=1S/C18H11BrF2.Mg.2H/c19-15-7-10-17(18(21)11-15)14-3-1-12(2-4-14)13-5-8-16(20)9-6-13;;;/h1-11H;;;. The van der Waals surface area contributed by atoms with E-state index in [0.29, 0.717) is 10.0 Å². The van der Waals surface area contributed by atoms with Crippen molar-refractivity contribution < 1.29 is 8.78 Å². The van der Waals surface area contributed by atoms with Crippen molar-refractivity contribution >= 4 is 39.0 Å². The highest BCUT2D eigenvalue weighted by atomic mass is 79.9. The number of rotatable bonds is 2. The summed E-state index contributed by atoms with van der Waals surface area (Å²) in [6.07, 6.45) is 0. The summed E-state index contributed by atoms with van der Waals surface area (Å²) in [5.74, 6) is -0.522. The molecule has 0 aliphatic rings. The Labute approximate surface area is 152 Å². The van der Waals surface area contributed by atoms with Crippen molar-refractivity contribution in [1.29, 1.82) is 0 Å². The van der Waals surface area contributed by atoms with Crippen molar-refractivity contribution in [2.45, 2.75) is 0 Å². The van der Waals surface area contributed by atoms with E-state index in [1.54, 1.807) is 18.2 Å². The normalized spacial score (nSPS) is 10.1. The van der Waals surface area contributed by atoms with Crippen molar-refractivity contribution in [2.24, 2.45) is 0 Å². The van der Waals surface area contributed by atoms with Crippen LogP contribution in [0.25, 0.3) is 22.3 Å². The summed E-state index contributed by atoms with van der Waals surface area (Å²) in [5, 5.41) is 0. The van der Waals surface area contributed by atoms with Crippen LogP contribution in [0.2, 0.25) is 0 Å². The number of benzene rings is 3. The lowest BCUT2D eigenvalue weighted by molar-refractivity contribution is 0.628. The van der Waals surface area contributed by atoms with Gasteiger partial charge in [0, 0.05) is 10.0 Å². The van der Waals surface area contributed by atoms with E-state index in [1.807, 2.05) is 30.3 Å². The summed E-state index contributed by atoms with van der Waals surface area (Å²) in [7, 11) is 0. The first-order valence-electron chi connectivity index (χ1n) is 6.45. The first kappa shape index (κ1) is 17.1. The molecule has 0 fully saturated rings. The highest BCUT2D eigenvalue weighted by Crippen LogP contribution is 2.28. The molecule has 22 heavy (non-hydrogen) atoms. The monoisotopic (exact) mass is 370 g/mol. The maximum atomic E-state index is 13.9. The summed E-state index contributed by atoms with van der Waals surface area (Å²) in [5.41, 5.74) is 3.27.